The van der Waals surface area contributed by atoms with E-state index in [2.05, 4.69) is 32.8 Å². The van der Waals surface area contributed by atoms with Gasteiger partial charge in [0.25, 0.3) is 5.91 Å². The number of amides is 1. The molecule has 1 heterocycles. The third-order valence-electron chi connectivity index (χ3n) is 6.46. The molecule has 1 aromatic rings. The Kier molecular flexibility index (Phi) is 9.15. The standard InChI is InChI=1S/C24H39N5O2/c1-3-12-26-22(30)21-9-7-8-20(17-21)18-27-23(25-2)28-19-24(10-5-4-6-11-24)29-13-15-31-16-14-29/h7-9,17H,3-6,10-16,18-19H2,1-2H3,(H,26,30)(H2,25,27,28). The van der Waals surface area contributed by atoms with E-state index < -0.39 is 0 Å². The fourth-order valence-corrected chi connectivity index (χ4v) is 4.67. The van der Waals surface area contributed by atoms with Crippen LogP contribution in [0.3, 0.4) is 0 Å². The smallest absolute Gasteiger partial charge is 0.251 e. The number of hydrogen-bond acceptors (Lipinski definition) is 4. The number of benzene rings is 1. The van der Waals surface area contributed by atoms with Crippen molar-refractivity contribution in [2.24, 2.45) is 4.99 Å². The van der Waals surface area contributed by atoms with Gasteiger partial charge in [0.2, 0.25) is 0 Å². The molecule has 0 unspecified atom stereocenters. The maximum absolute atomic E-state index is 12.2. The van der Waals surface area contributed by atoms with Crippen LogP contribution >= 0.6 is 0 Å². The molecule has 1 aromatic carbocycles. The molecule has 0 radical (unpaired) electrons. The average molecular weight is 430 g/mol. The second kappa shape index (κ2) is 12.1. The Morgan fingerprint density at radius 1 is 1.13 bits per heavy atom. The van der Waals surface area contributed by atoms with Crippen LogP contribution in [0.15, 0.2) is 29.3 Å². The quantitative estimate of drug-likeness (QED) is 0.437. The molecule has 1 aliphatic heterocycles. The van der Waals surface area contributed by atoms with Crippen molar-refractivity contribution in [2.75, 3.05) is 46.4 Å². The molecule has 1 amide bonds. The second-order valence-electron chi connectivity index (χ2n) is 8.62. The van der Waals surface area contributed by atoms with Crippen molar-refractivity contribution in [3.05, 3.63) is 35.4 Å². The van der Waals surface area contributed by atoms with E-state index in [1.54, 1.807) is 0 Å². The molecule has 1 saturated carbocycles. The van der Waals surface area contributed by atoms with Crippen molar-refractivity contribution in [2.45, 2.75) is 57.5 Å². The van der Waals surface area contributed by atoms with Crippen LogP contribution < -0.4 is 16.0 Å². The summed E-state index contributed by atoms with van der Waals surface area (Å²) in [7, 11) is 1.81. The second-order valence-corrected chi connectivity index (χ2v) is 8.62. The minimum Gasteiger partial charge on any atom is -0.379 e. The molecule has 1 aliphatic carbocycles. The van der Waals surface area contributed by atoms with Gasteiger partial charge in [0.1, 0.15) is 0 Å². The van der Waals surface area contributed by atoms with E-state index in [-0.39, 0.29) is 11.4 Å². The maximum Gasteiger partial charge on any atom is 0.251 e. The highest BCUT2D eigenvalue weighted by Crippen LogP contribution is 2.33. The molecule has 0 aromatic heterocycles. The maximum atomic E-state index is 12.2. The Morgan fingerprint density at radius 3 is 2.61 bits per heavy atom. The Hall–Kier alpha value is -2.12. The number of nitrogens with zero attached hydrogens (tertiary/aromatic N) is 2. The molecule has 7 heteroatoms. The van der Waals surface area contributed by atoms with Gasteiger partial charge in [0.15, 0.2) is 5.96 Å². The molecule has 2 aliphatic rings. The largest absolute Gasteiger partial charge is 0.379 e. The fourth-order valence-electron chi connectivity index (χ4n) is 4.67. The van der Waals surface area contributed by atoms with Crippen LogP contribution in [-0.2, 0) is 11.3 Å². The molecule has 31 heavy (non-hydrogen) atoms. The summed E-state index contributed by atoms with van der Waals surface area (Å²) in [6.07, 6.45) is 7.30. The highest BCUT2D eigenvalue weighted by Gasteiger charge is 2.38. The number of carbonyl (C=O) groups excluding carboxylic acids is 1. The summed E-state index contributed by atoms with van der Waals surface area (Å²) >= 11 is 0. The number of aliphatic imine (C=N–C) groups is 1. The first kappa shape index (κ1) is 23.5. The zero-order valence-electron chi connectivity index (χ0n) is 19.2. The summed E-state index contributed by atoms with van der Waals surface area (Å²) < 4.78 is 5.59. The lowest BCUT2D eigenvalue weighted by molar-refractivity contribution is -0.0352. The molecule has 172 valence electrons. The lowest BCUT2D eigenvalue weighted by Gasteiger charge is -2.48. The predicted octanol–water partition coefficient (Wildman–Crippen LogP) is 2.53. The first-order chi connectivity index (χ1) is 15.2. The number of ether oxygens (including phenoxy) is 1. The van der Waals surface area contributed by atoms with Crippen molar-refractivity contribution in [1.29, 1.82) is 0 Å². The summed E-state index contributed by atoms with van der Waals surface area (Å²) in [6.45, 7) is 7.96. The van der Waals surface area contributed by atoms with E-state index in [4.69, 9.17) is 4.74 Å². The predicted molar refractivity (Wildman–Crippen MR) is 125 cm³/mol. The molecule has 0 spiro atoms. The highest BCUT2D eigenvalue weighted by molar-refractivity contribution is 5.94. The number of guanidine groups is 1. The van der Waals surface area contributed by atoms with Gasteiger partial charge in [-0.2, -0.15) is 0 Å². The van der Waals surface area contributed by atoms with Crippen molar-refractivity contribution in [3.63, 3.8) is 0 Å². The van der Waals surface area contributed by atoms with E-state index in [1.165, 1.54) is 32.1 Å². The minimum atomic E-state index is -0.0176. The number of morpholine rings is 1. The van der Waals surface area contributed by atoms with Crippen molar-refractivity contribution >= 4 is 11.9 Å². The molecular formula is C24H39N5O2. The van der Waals surface area contributed by atoms with Gasteiger partial charge in [-0.15, -0.1) is 0 Å². The summed E-state index contributed by atoms with van der Waals surface area (Å²) in [5, 5.41) is 9.94. The first-order valence-electron chi connectivity index (χ1n) is 11.8. The SMILES string of the molecule is CCCNC(=O)c1cccc(CNC(=NC)NCC2(N3CCOCC3)CCCCC2)c1. The first-order valence-corrected chi connectivity index (χ1v) is 11.8. The topological polar surface area (TPSA) is 78.0 Å². The van der Waals surface area contributed by atoms with Crippen molar-refractivity contribution in [3.8, 4) is 0 Å². The molecule has 3 rings (SSSR count). The van der Waals surface area contributed by atoms with Crippen LogP contribution in [0.25, 0.3) is 0 Å². The lowest BCUT2D eigenvalue weighted by atomic mass is 9.80. The number of hydrogen-bond donors (Lipinski definition) is 3. The molecule has 1 saturated heterocycles. The van der Waals surface area contributed by atoms with Crippen LogP contribution in [0.4, 0.5) is 0 Å². The summed E-state index contributed by atoms with van der Waals surface area (Å²) in [5.41, 5.74) is 1.95. The van der Waals surface area contributed by atoms with E-state index in [0.29, 0.717) is 18.7 Å². The van der Waals surface area contributed by atoms with E-state index in [0.717, 1.165) is 50.8 Å². The molecule has 3 N–H and O–H groups in total. The van der Waals surface area contributed by atoms with Gasteiger partial charge < -0.3 is 20.7 Å². The molecule has 7 nitrogen and oxygen atoms in total. The van der Waals surface area contributed by atoms with Crippen molar-refractivity contribution < 1.29 is 9.53 Å². The van der Waals surface area contributed by atoms with Gasteiger partial charge >= 0.3 is 0 Å². The Morgan fingerprint density at radius 2 is 1.90 bits per heavy atom. The summed E-state index contributed by atoms with van der Waals surface area (Å²) in [4.78, 5) is 19.3. The van der Waals surface area contributed by atoms with Crippen LogP contribution in [0.2, 0.25) is 0 Å². The zero-order chi connectivity index (χ0) is 21.9. The summed E-state index contributed by atoms with van der Waals surface area (Å²) in [5.74, 6) is 0.787. The van der Waals surface area contributed by atoms with E-state index in [1.807, 2.05) is 31.3 Å². The third kappa shape index (κ3) is 6.68. The van der Waals surface area contributed by atoms with E-state index in [9.17, 15) is 4.79 Å². The minimum absolute atomic E-state index is 0.0176. The monoisotopic (exact) mass is 429 g/mol. The summed E-state index contributed by atoms with van der Waals surface area (Å²) in [6, 6.07) is 7.77. The van der Waals surface area contributed by atoms with Gasteiger partial charge in [0.05, 0.1) is 13.2 Å². The van der Waals surface area contributed by atoms with Crippen LogP contribution in [-0.4, -0.2) is 68.7 Å². The highest BCUT2D eigenvalue weighted by atomic mass is 16.5. The van der Waals surface area contributed by atoms with Gasteiger partial charge in [0, 0.05) is 50.9 Å². The normalized spacial score (nSPS) is 19.6. The fraction of sp³-hybridized carbons (Fsp3) is 0.667. The molecule has 0 atom stereocenters. The third-order valence-corrected chi connectivity index (χ3v) is 6.46. The molecule has 0 bridgehead atoms. The number of nitrogens with one attached hydrogen (secondary N) is 3. The Labute approximate surface area is 187 Å². The van der Waals surface area contributed by atoms with Crippen LogP contribution in [0.5, 0.6) is 0 Å². The molecular weight excluding hydrogens is 390 g/mol. The lowest BCUT2D eigenvalue weighted by Crippen LogP contribution is -2.60. The Balaban J connectivity index is 1.56. The average Bonchev–Trinajstić information content (AvgIpc) is 2.84. The van der Waals surface area contributed by atoms with Gasteiger partial charge in [-0.3, -0.25) is 14.7 Å². The van der Waals surface area contributed by atoms with Gasteiger partial charge in [-0.05, 0) is 37.0 Å². The van der Waals surface area contributed by atoms with Crippen molar-refractivity contribution in [1.82, 2.24) is 20.9 Å². The zero-order valence-corrected chi connectivity index (χ0v) is 19.2. The van der Waals surface area contributed by atoms with Crippen LogP contribution in [0.1, 0.15) is 61.4 Å². The number of rotatable bonds is 8. The molecule has 2 fully saturated rings. The Bertz CT molecular complexity index is 724. The van der Waals surface area contributed by atoms with Gasteiger partial charge in [-0.1, -0.05) is 38.3 Å². The van der Waals surface area contributed by atoms with Gasteiger partial charge in [-0.25, -0.2) is 0 Å². The van der Waals surface area contributed by atoms with E-state index >= 15 is 0 Å². The van der Waals surface area contributed by atoms with Crippen LogP contribution in [0, 0.1) is 0 Å². The number of carbonyl (C=O) groups is 1.